The molecule has 1 aromatic heterocycles. The number of aryl methyl sites for hydroxylation is 1. The second-order valence-corrected chi connectivity index (χ2v) is 11.8. The average Bonchev–Trinajstić information content (AvgIpc) is 3.11. The number of carbonyl (C=O) groups excluding carboxylic acids is 2. The molecule has 0 spiro atoms. The first-order valence-electron chi connectivity index (χ1n) is 11.2. The summed E-state index contributed by atoms with van der Waals surface area (Å²) in [4.78, 5) is 26.5. The van der Waals surface area contributed by atoms with E-state index in [1.54, 1.807) is 15.8 Å². The van der Waals surface area contributed by atoms with Crippen molar-refractivity contribution >= 4 is 33.2 Å². The molecule has 2 heterocycles. The average molecular weight is 474 g/mol. The Morgan fingerprint density at radius 3 is 2.39 bits per heavy atom. The van der Waals surface area contributed by atoms with Crippen LogP contribution in [0.4, 0.5) is 11.5 Å². The van der Waals surface area contributed by atoms with Gasteiger partial charge in [-0.15, -0.1) is 0 Å². The van der Waals surface area contributed by atoms with E-state index in [9.17, 15) is 18.0 Å². The molecule has 0 unspecified atom stereocenters. The van der Waals surface area contributed by atoms with E-state index in [-0.39, 0.29) is 23.8 Å². The van der Waals surface area contributed by atoms with Crippen LogP contribution in [0.3, 0.4) is 0 Å². The van der Waals surface area contributed by atoms with Gasteiger partial charge in [0.25, 0.3) is 5.91 Å². The highest BCUT2D eigenvalue weighted by atomic mass is 32.2. The minimum absolute atomic E-state index is 0.0419. The van der Waals surface area contributed by atoms with Gasteiger partial charge in [0.05, 0.1) is 11.3 Å². The second kappa shape index (κ2) is 8.81. The van der Waals surface area contributed by atoms with Gasteiger partial charge in [-0.1, -0.05) is 24.6 Å². The number of nitrogens with two attached hydrogens (primary N) is 1. The lowest BCUT2D eigenvalue weighted by atomic mass is 9.78. The van der Waals surface area contributed by atoms with E-state index in [1.807, 2.05) is 31.2 Å². The molecule has 9 nitrogen and oxygen atoms in total. The fourth-order valence-corrected chi connectivity index (χ4v) is 5.65. The number of sulfone groups is 1. The Morgan fingerprint density at radius 2 is 1.82 bits per heavy atom. The predicted octanol–water partition coefficient (Wildman–Crippen LogP) is 2.27. The first-order valence-corrected chi connectivity index (χ1v) is 13.2. The van der Waals surface area contributed by atoms with Crippen molar-refractivity contribution in [2.45, 2.75) is 44.4 Å². The molecule has 2 aromatic rings. The third kappa shape index (κ3) is 4.90. The number of carbonyl (C=O) groups is 2. The van der Waals surface area contributed by atoms with Gasteiger partial charge in [0.1, 0.15) is 5.56 Å². The quantitative estimate of drug-likeness (QED) is 0.662. The van der Waals surface area contributed by atoms with Crippen molar-refractivity contribution in [1.82, 2.24) is 14.7 Å². The molecular weight excluding hydrogens is 442 g/mol. The highest BCUT2D eigenvalue weighted by Crippen LogP contribution is 2.39. The maximum absolute atomic E-state index is 12.9. The number of aromatic nitrogens is 2. The second-order valence-electron chi connectivity index (χ2n) is 9.48. The number of primary amides is 1. The van der Waals surface area contributed by atoms with Crippen molar-refractivity contribution in [2.75, 3.05) is 24.7 Å². The normalized spacial score (nSPS) is 23.7. The summed E-state index contributed by atoms with van der Waals surface area (Å²) in [7, 11) is -3.10. The molecule has 1 saturated heterocycles. The molecule has 1 aromatic carbocycles. The molecule has 1 aliphatic carbocycles. The van der Waals surface area contributed by atoms with E-state index in [0.717, 1.165) is 17.7 Å². The molecule has 2 aliphatic rings. The summed E-state index contributed by atoms with van der Waals surface area (Å²) in [5, 5.41) is 7.38. The van der Waals surface area contributed by atoms with Crippen LogP contribution in [-0.4, -0.2) is 59.5 Å². The molecule has 0 radical (unpaired) electrons. The lowest BCUT2D eigenvalue weighted by Gasteiger charge is -2.42. The summed E-state index contributed by atoms with van der Waals surface area (Å²) in [5.41, 5.74) is 7.88. The number of nitrogens with one attached hydrogen (secondary N) is 1. The van der Waals surface area contributed by atoms with Gasteiger partial charge in [-0.25, -0.2) is 8.42 Å². The first-order chi connectivity index (χ1) is 15.5. The Hall–Kier alpha value is -2.88. The zero-order valence-electron chi connectivity index (χ0n) is 19.2. The zero-order valence-corrected chi connectivity index (χ0v) is 20.0. The van der Waals surface area contributed by atoms with Crippen LogP contribution >= 0.6 is 0 Å². The van der Waals surface area contributed by atoms with Gasteiger partial charge in [-0.3, -0.25) is 14.3 Å². The van der Waals surface area contributed by atoms with Crippen LogP contribution in [0.5, 0.6) is 0 Å². The summed E-state index contributed by atoms with van der Waals surface area (Å²) < 4.78 is 25.1. The van der Waals surface area contributed by atoms with Crippen LogP contribution in [0.15, 0.2) is 30.5 Å². The highest BCUT2D eigenvalue weighted by Gasteiger charge is 2.42. The number of hydrogen-bond donors (Lipinski definition) is 2. The third-order valence-electron chi connectivity index (χ3n) is 6.89. The number of rotatable bonds is 6. The van der Waals surface area contributed by atoms with Gasteiger partial charge in [-0.2, -0.15) is 5.10 Å². The van der Waals surface area contributed by atoms with Crippen molar-refractivity contribution in [3.63, 3.8) is 0 Å². The fraction of sp³-hybridized carbons (Fsp3) is 0.522. The predicted molar refractivity (Wildman–Crippen MR) is 126 cm³/mol. The van der Waals surface area contributed by atoms with Gasteiger partial charge < -0.3 is 16.0 Å². The van der Waals surface area contributed by atoms with Gasteiger partial charge in [-0.05, 0) is 44.2 Å². The number of hydrogen-bond acceptors (Lipinski definition) is 6. The Kier molecular flexibility index (Phi) is 6.22. The van der Waals surface area contributed by atoms with E-state index < -0.39 is 21.0 Å². The Balaban J connectivity index is 1.43. The summed E-state index contributed by atoms with van der Waals surface area (Å²) in [5.74, 6) is -0.0458. The lowest BCUT2D eigenvalue weighted by Crippen LogP contribution is -2.58. The maximum Gasteiger partial charge on any atom is 0.254 e. The molecule has 10 heteroatoms. The van der Waals surface area contributed by atoms with E-state index in [4.69, 9.17) is 5.73 Å². The van der Waals surface area contributed by atoms with Crippen LogP contribution in [0.2, 0.25) is 0 Å². The molecule has 3 N–H and O–H groups in total. The summed E-state index contributed by atoms with van der Waals surface area (Å²) >= 11 is 0. The van der Waals surface area contributed by atoms with Gasteiger partial charge in [0.2, 0.25) is 5.91 Å². The third-order valence-corrected chi connectivity index (χ3v) is 8.40. The Labute approximate surface area is 194 Å². The van der Waals surface area contributed by atoms with Crippen molar-refractivity contribution in [3.8, 4) is 0 Å². The number of anilines is 2. The van der Waals surface area contributed by atoms with Gasteiger partial charge in [0.15, 0.2) is 15.7 Å². The number of nitrogens with zero attached hydrogens (tertiary/aromatic N) is 3. The van der Waals surface area contributed by atoms with Crippen LogP contribution in [0.25, 0.3) is 0 Å². The van der Waals surface area contributed by atoms with Crippen molar-refractivity contribution in [3.05, 3.63) is 41.6 Å². The number of benzene rings is 1. The monoisotopic (exact) mass is 473 g/mol. The minimum atomic E-state index is -3.10. The molecule has 2 amide bonds. The Morgan fingerprint density at radius 1 is 1.15 bits per heavy atom. The van der Waals surface area contributed by atoms with Crippen molar-refractivity contribution in [1.29, 1.82) is 0 Å². The van der Waals surface area contributed by atoms with Gasteiger partial charge >= 0.3 is 0 Å². The van der Waals surface area contributed by atoms with Crippen LogP contribution in [0, 0.1) is 18.8 Å². The largest absolute Gasteiger partial charge is 0.365 e. The molecule has 2 fully saturated rings. The SMILES string of the molecule is Cc1ccc(Nc2nn([C@H]3CC[C@H](C(=O)N4CC(S(C)(=O)=O)C4)C[C@@H]3C)cc2C(N)=O)cc1. The number of amides is 2. The van der Waals surface area contributed by atoms with E-state index >= 15 is 0 Å². The minimum Gasteiger partial charge on any atom is -0.365 e. The fourth-order valence-electron chi connectivity index (χ4n) is 4.75. The molecule has 3 atom stereocenters. The van der Waals surface area contributed by atoms with Crippen LogP contribution in [0.1, 0.15) is 48.1 Å². The van der Waals surface area contributed by atoms with E-state index in [2.05, 4.69) is 17.3 Å². The Bertz CT molecular complexity index is 1150. The standard InChI is InChI=1S/C23H31N5O4S/c1-14-4-7-17(8-5-14)25-22-19(21(24)29)13-28(26-22)20-9-6-16(10-15(20)2)23(30)27-11-18(12-27)33(3,31)32/h4-5,7-8,13,15-16,18,20H,6,9-12H2,1-3H3,(H2,24,29)(H,25,26)/t15-,16-,20-/m0/s1. The van der Waals surface area contributed by atoms with Crippen molar-refractivity contribution < 1.29 is 18.0 Å². The molecule has 33 heavy (non-hydrogen) atoms. The lowest BCUT2D eigenvalue weighted by molar-refractivity contribution is -0.140. The molecule has 1 saturated carbocycles. The maximum atomic E-state index is 12.9. The highest BCUT2D eigenvalue weighted by molar-refractivity contribution is 7.91. The van der Waals surface area contributed by atoms with Crippen LogP contribution < -0.4 is 11.1 Å². The molecular formula is C23H31N5O4S. The zero-order chi connectivity index (χ0) is 23.9. The van der Waals surface area contributed by atoms with Gasteiger partial charge in [0, 0.05) is 37.1 Å². The molecule has 1 aliphatic heterocycles. The van der Waals surface area contributed by atoms with E-state index in [1.165, 1.54) is 6.26 Å². The topological polar surface area (TPSA) is 127 Å². The summed E-state index contributed by atoms with van der Waals surface area (Å²) in [6.45, 7) is 4.67. The summed E-state index contributed by atoms with van der Waals surface area (Å²) in [6, 6.07) is 7.83. The number of likely N-dealkylation sites (tertiary alicyclic amines) is 1. The van der Waals surface area contributed by atoms with E-state index in [0.29, 0.717) is 37.3 Å². The molecule has 178 valence electrons. The molecule has 4 rings (SSSR count). The smallest absolute Gasteiger partial charge is 0.254 e. The molecule has 0 bridgehead atoms. The van der Waals surface area contributed by atoms with Crippen molar-refractivity contribution in [2.24, 2.45) is 17.6 Å². The first kappa shape index (κ1) is 23.3. The summed E-state index contributed by atoms with van der Waals surface area (Å²) in [6.07, 6.45) is 5.04. The van der Waals surface area contributed by atoms with Crippen LogP contribution in [-0.2, 0) is 14.6 Å².